The Morgan fingerprint density at radius 3 is 2.91 bits per heavy atom. The van der Waals surface area contributed by atoms with Gasteiger partial charge in [-0.25, -0.2) is 0 Å². The van der Waals surface area contributed by atoms with E-state index in [1.165, 1.54) is 21.7 Å². The first-order valence-electron chi connectivity index (χ1n) is 8.10. The molecule has 0 unspecified atom stereocenters. The lowest BCUT2D eigenvalue weighted by Gasteiger charge is -2.43. The number of aromatic nitrogens is 1. The SMILES string of the molecule is Cc1ccc(CN2CCC3(CC2)OCCc2ccsc23)nc1. The van der Waals surface area contributed by atoms with Crippen molar-refractivity contribution in [3.63, 3.8) is 0 Å². The van der Waals surface area contributed by atoms with Crippen molar-refractivity contribution < 1.29 is 4.74 Å². The molecule has 116 valence electrons. The fourth-order valence-electron chi connectivity index (χ4n) is 3.62. The molecule has 22 heavy (non-hydrogen) atoms. The molecule has 0 amide bonds. The normalized spacial score (nSPS) is 21.0. The number of piperidine rings is 1. The molecule has 2 aromatic rings. The maximum absolute atomic E-state index is 6.27. The van der Waals surface area contributed by atoms with Crippen molar-refractivity contribution in [2.45, 2.75) is 38.3 Å². The zero-order valence-corrected chi connectivity index (χ0v) is 13.9. The summed E-state index contributed by atoms with van der Waals surface area (Å²) in [5, 5.41) is 2.23. The van der Waals surface area contributed by atoms with E-state index in [2.05, 4.69) is 40.4 Å². The first-order chi connectivity index (χ1) is 10.8. The molecule has 0 N–H and O–H groups in total. The second-order valence-corrected chi connectivity index (χ2v) is 7.39. The Morgan fingerprint density at radius 2 is 2.14 bits per heavy atom. The van der Waals surface area contributed by atoms with Crippen molar-refractivity contribution in [2.75, 3.05) is 19.7 Å². The van der Waals surface area contributed by atoms with Gasteiger partial charge >= 0.3 is 0 Å². The highest BCUT2D eigenvalue weighted by atomic mass is 32.1. The molecule has 1 fully saturated rings. The summed E-state index contributed by atoms with van der Waals surface area (Å²) in [5.41, 5.74) is 3.91. The minimum absolute atomic E-state index is 0.00104. The minimum atomic E-state index is -0.00104. The molecule has 0 aliphatic carbocycles. The molecule has 2 aliphatic heterocycles. The molecule has 4 rings (SSSR count). The average Bonchev–Trinajstić information content (AvgIpc) is 3.02. The van der Waals surface area contributed by atoms with Gasteiger partial charge in [0, 0.05) is 30.7 Å². The van der Waals surface area contributed by atoms with Crippen LogP contribution in [0.2, 0.25) is 0 Å². The quantitative estimate of drug-likeness (QED) is 0.848. The van der Waals surface area contributed by atoms with E-state index in [0.717, 1.165) is 45.5 Å². The number of thiophene rings is 1. The number of fused-ring (bicyclic) bond motifs is 2. The Hall–Kier alpha value is -1.23. The Balaban J connectivity index is 1.44. The number of rotatable bonds is 2. The fourth-order valence-corrected chi connectivity index (χ4v) is 4.79. The summed E-state index contributed by atoms with van der Waals surface area (Å²) in [4.78, 5) is 8.53. The summed E-state index contributed by atoms with van der Waals surface area (Å²) in [7, 11) is 0. The Kier molecular flexibility index (Phi) is 3.76. The third-order valence-electron chi connectivity index (χ3n) is 4.93. The van der Waals surface area contributed by atoms with Crippen molar-refractivity contribution in [3.8, 4) is 0 Å². The number of hydrogen-bond donors (Lipinski definition) is 0. The minimum Gasteiger partial charge on any atom is -0.369 e. The molecule has 0 saturated carbocycles. The second kappa shape index (κ2) is 5.76. The van der Waals surface area contributed by atoms with E-state index < -0.39 is 0 Å². The van der Waals surface area contributed by atoms with E-state index in [0.29, 0.717) is 0 Å². The van der Waals surface area contributed by atoms with E-state index in [9.17, 15) is 0 Å². The lowest BCUT2D eigenvalue weighted by molar-refractivity contribution is -0.0961. The van der Waals surface area contributed by atoms with E-state index >= 15 is 0 Å². The first kappa shape index (κ1) is 14.4. The van der Waals surface area contributed by atoms with Crippen LogP contribution in [0, 0.1) is 6.92 Å². The van der Waals surface area contributed by atoms with Crippen LogP contribution in [0.1, 0.15) is 34.5 Å². The van der Waals surface area contributed by atoms with Gasteiger partial charge in [-0.3, -0.25) is 9.88 Å². The van der Waals surface area contributed by atoms with E-state index in [-0.39, 0.29) is 5.60 Å². The van der Waals surface area contributed by atoms with Crippen LogP contribution in [0.15, 0.2) is 29.8 Å². The number of aryl methyl sites for hydroxylation is 1. The molecule has 2 aromatic heterocycles. The molecule has 1 saturated heterocycles. The monoisotopic (exact) mass is 314 g/mol. The van der Waals surface area contributed by atoms with E-state index in [1.54, 1.807) is 0 Å². The number of nitrogens with zero attached hydrogens (tertiary/aromatic N) is 2. The number of likely N-dealkylation sites (tertiary alicyclic amines) is 1. The summed E-state index contributed by atoms with van der Waals surface area (Å²) in [6, 6.07) is 6.58. The smallest absolute Gasteiger partial charge is 0.105 e. The molecular weight excluding hydrogens is 292 g/mol. The van der Waals surface area contributed by atoms with E-state index in [1.807, 2.05) is 17.5 Å². The topological polar surface area (TPSA) is 25.4 Å². The van der Waals surface area contributed by atoms with Crippen molar-refractivity contribution >= 4 is 11.3 Å². The summed E-state index contributed by atoms with van der Waals surface area (Å²) >= 11 is 1.88. The summed E-state index contributed by atoms with van der Waals surface area (Å²) < 4.78 is 6.27. The third-order valence-corrected chi connectivity index (χ3v) is 6.07. The number of pyridine rings is 1. The largest absolute Gasteiger partial charge is 0.369 e. The summed E-state index contributed by atoms with van der Waals surface area (Å²) in [5.74, 6) is 0. The molecule has 0 bridgehead atoms. The lowest BCUT2D eigenvalue weighted by atomic mass is 9.85. The van der Waals surface area contributed by atoms with Gasteiger partial charge in [0.1, 0.15) is 5.60 Å². The Bertz CT molecular complexity index is 641. The van der Waals surface area contributed by atoms with Gasteiger partial charge < -0.3 is 4.74 Å². The highest BCUT2D eigenvalue weighted by molar-refractivity contribution is 7.10. The maximum Gasteiger partial charge on any atom is 0.105 e. The van der Waals surface area contributed by atoms with Gasteiger partial charge in [0.05, 0.1) is 12.3 Å². The van der Waals surface area contributed by atoms with Crippen LogP contribution in [0.25, 0.3) is 0 Å². The third kappa shape index (κ3) is 2.60. The second-order valence-electron chi connectivity index (χ2n) is 6.47. The number of ether oxygens (including phenoxy) is 1. The fraction of sp³-hybridized carbons (Fsp3) is 0.500. The molecule has 4 heterocycles. The van der Waals surface area contributed by atoms with Gasteiger partial charge in [-0.15, -0.1) is 11.3 Å². The molecule has 2 aliphatic rings. The molecule has 0 radical (unpaired) electrons. The van der Waals surface area contributed by atoms with Crippen LogP contribution >= 0.6 is 11.3 Å². The highest BCUT2D eigenvalue weighted by Crippen LogP contribution is 2.44. The van der Waals surface area contributed by atoms with Crippen LogP contribution in [0.5, 0.6) is 0 Å². The molecule has 0 aromatic carbocycles. The summed E-state index contributed by atoms with van der Waals surface area (Å²) in [6.45, 7) is 6.09. The predicted octanol–water partition coefficient (Wildman–Crippen LogP) is 3.52. The standard InChI is InChI=1S/C18H22N2OS/c1-14-2-3-16(19-12-14)13-20-8-6-18(7-9-20)17-15(4-10-21-18)5-11-22-17/h2-3,5,11-12H,4,6-10,13H2,1H3. The Morgan fingerprint density at radius 1 is 1.27 bits per heavy atom. The van der Waals surface area contributed by atoms with Crippen LogP contribution in [-0.4, -0.2) is 29.6 Å². The van der Waals surface area contributed by atoms with Gasteiger partial charge in [0.25, 0.3) is 0 Å². The van der Waals surface area contributed by atoms with Gasteiger partial charge in [-0.1, -0.05) is 6.07 Å². The zero-order chi connectivity index (χ0) is 15.0. The first-order valence-corrected chi connectivity index (χ1v) is 8.98. The number of hydrogen-bond acceptors (Lipinski definition) is 4. The van der Waals surface area contributed by atoms with Gasteiger partial charge in [-0.05, 0) is 54.8 Å². The van der Waals surface area contributed by atoms with Crippen molar-refractivity contribution in [1.82, 2.24) is 9.88 Å². The maximum atomic E-state index is 6.27. The Labute approximate surface area is 135 Å². The van der Waals surface area contributed by atoms with Gasteiger partial charge in [0.2, 0.25) is 0 Å². The van der Waals surface area contributed by atoms with Gasteiger partial charge in [-0.2, -0.15) is 0 Å². The molecule has 1 spiro atoms. The predicted molar refractivity (Wildman–Crippen MR) is 89.1 cm³/mol. The molecule has 0 atom stereocenters. The van der Waals surface area contributed by atoms with Crippen LogP contribution < -0.4 is 0 Å². The van der Waals surface area contributed by atoms with Crippen LogP contribution in [0.3, 0.4) is 0 Å². The molecule has 4 heteroatoms. The molecular formula is C18H22N2OS. The highest BCUT2D eigenvalue weighted by Gasteiger charge is 2.41. The van der Waals surface area contributed by atoms with Crippen molar-refractivity contribution in [1.29, 1.82) is 0 Å². The van der Waals surface area contributed by atoms with Crippen molar-refractivity contribution in [2.24, 2.45) is 0 Å². The van der Waals surface area contributed by atoms with E-state index in [4.69, 9.17) is 4.74 Å². The van der Waals surface area contributed by atoms with Crippen LogP contribution in [0.4, 0.5) is 0 Å². The van der Waals surface area contributed by atoms with Gasteiger partial charge in [0.15, 0.2) is 0 Å². The summed E-state index contributed by atoms with van der Waals surface area (Å²) in [6.07, 6.45) is 5.25. The molecule has 3 nitrogen and oxygen atoms in total. The lowest BCUT2D eigenvalue weighted by Crippen LogP contribution is -2.45. The van der Waals surface area contributed by atoms with Crippen LogP contribution in [-0.2, 0) is 23.3 Å². The van der Waals surface area contributed by atoms with Crippen molar-refractivity contribution in [3.05, 3.63) is 51.5 Å². The zero-order valence-electron chi connectivity index (χ0n) is 13.0. The average molecular weight is 314 g/mol.